The maximum absolute atomic E-state index is 12.7. The summed E-state index contributed by atoms with van der Waals surface area (Å²) in [4.78, 5) is 39.4. The second kappa shape index (κ2) is 12.1. The molecule has 1 saturated heterocycles. The maximum atomic E-state index is 12.7. The molecule has 0 radical (unpaired) electrons. The van der Waals surface area contributed by atoms with Crippen LogP contribution in [-0.2, 0) is 20.9 Å². The molecule has 3 aromatic rings. The molecule has 0 bridgehead atoms. The van der Waals surface area contributed by atoms with E-state index in [1.165, 1.54) is 0 Å². The third-order valence-electron chi connectivity index (χ3n) is 6.42. The third-order valence-corrected chi connectivity index (χ3v) is 6.88. The van der Waals surface area contributed by atoms with E-state index in [1.807, 2.05) is 50.2 Å². The van der Waals surface area contributed by atoms with Gasteiger partial charge in [-0.1, -0.05) is 34.1 Å². The number of carbonyl (C=O) groups is 3. The summed E-state index contributed by atoms with van der Waals surface area (Å²) in [5, 5.41) is 5.81. The number of para-hydroxylation sites is 1. The number of benzene rings is 3. The zero-order chi connectivity index (χ0) is 27.2. The van der Waals surface area contributed by atoms with Gasteiger partial charge in [-0.15, -0.1) is 0 Å². The average Bonchev–Trinajstić information content (AvgIpc) is 3.30. The minimum Gasteiger partial charge on any atom is -0.496 e. The summed E-state index contributed by atoms with van der Waals surface area (Å²) in [5.74, 6) is 0.215. The van der Waals surface area contributed by atoms with E-state index in [0.29, 0.717) is 30.3 Å². The van der Waals surface area contributed by atoms with Crippen molar-refractivity contribution in [3.05, 3.63) is 81.8 Å². The highest BCUT2D eigenvalue weighted by atomic mass is 79.9. The molecule has 8 nitrogen and oxygen atoms in total. The van der Waals surface area contributed by atoms with Gasteiger partial charge in [0.25, 0.3) is 5.91 Å². The van der Waals surface area contributed by atoms with E-state index >= 15 is 0 Å². The molecule has 0 saturated carbocycles. The van der Waals surface area contributed by atoms with E-state index in [9.17, 15) is 14.4 Å². The maximum Gasteiger partial charge on any atom is 0.262 e. The molecule has 1 aliphatic rings. The number of amides is 3. The van der Waals surface area contributed by atoms with E-state index in [1.54, 1.807) is 36.3 Å². The molecule has 3 aromatic carbocycles. The molecule has 38 heavy (non-hydrogen) atoms. The molecule has 1 fully saturated rings. The Morgan fingerprint density at radius 1 is 1.05 bits per heavy atom. The van der Waals surface area contributed by atoms with Crippen molar-refractivity contribution < 1.29 is 23.9 Å². The largest absolute Gasteiger partial charge is 0.496 e. The zero-order valence-corrected chi connectivity index (χ0v) is 23.1. The van der Waals surface area contributed by atoms with Gasteiger partial charge in [0, 0.05) is 40.9 Å². The summed E-state index contributed by atoms with van der Waals surface area (Å²) < 4.78 is 11.9. The van der Waals surface area contributed by atoms with Gasteiger partial charge in [-0.2, -0.15) is 0 Å². The van der Waals surface area contributed by atoms with Crippen LogP contribution >= 0.6 is 15.9 Å². The molecule has 1 atom stereocenters. The molecule has 0 unspecified atom stereocenters. The van der Waals surface area contributed by atoms with E-state index in [2.05, 4.69) is 26.6 Å². The normalized spacial score (nSPS) is 14.8. The summed E-state index contributed by atoms with van der Waals surface area (Å²) >= 11 is 3.45. The fraction of sp³-hybridized carbons (Fsp3) is 0.276. The van der Waals surface area contributed by atoms with Crippen molar-refractivity contribution in [2.24, 2.45) is 5.92 Å². The molecule has 0 aliphatic carbocycles. The molecule has 2 N–H and O–H groups in total. The van der Waals surface area contributed by atoms with Crippen molar-refractivity contribution in [2.75, 3.05) is 30.5 Å². The minimum atomic E-state index is -0.442. The van der Waals surface area contributed by atoms with Crippen molar-refractivity contribution in [3.8, 4) is 11.5 Å². The number of methoxy groups -OCH3 is 1. The quantitative estimate of drug-likeness (QED) is 0.381. The van der Waals surface area contributed by atoms with Gasteiger partial charge in [0.2, 0.25) is 11.8 Å². The second-order valence-electron chi connectivity index (χ2n) is 9.18. The fourth-order valence-corrected chi connectivity index (χ4v) is 5.15. The number of rotatable bonds is 9. The number of ether oxygens (including phenoxy) is 2. The van der Waals surface area contributed by atoms with Gasteiger partial charge in [-0.25, -0.2) is 0 Å². The van der Waals surface area contributed by atoms with E-state index in [-0.39, 0.29) is 30.7 Å². The number of hydrogen-bond donors (Lipinski definition) is 2. The lowest BCUT2D eigenvalue weighted by molar-refractivity contribution is -0.126. The van der Waals surface area contributed by atoms with Gasteiger partial charge >= 0.3 is 0 Å². The van der Waals surface area contributed by atoms with Gasteiger partial charge in [0.1, 0.15) is 11.5 Å². The van der Waals surface area contributed by atoms with Crippen LogP contribution in [0.2, 0.25) is 0 Å². The Morgan fingerprint density at radius 3 is 2.42 bits per heavy atom. The number of nitrogens with one attached hydrogen (secondary N) is 2. The van der Waals surface area contributed by atoms with Crippen molar-refractivity contribution in [3.63, 3.8) is 0 Å². The third kappa shape index (κ3) is 6.52. The number of halogens is 1. The molecule has 0 spiro atoms. The minimum absolute atomic E-state index is 0.115. The summed E-state index contributed by atoms with van der Waals surface area (Å²) in [6.45, 7) is 4.34. The Morgan fingerprint density at radius 2 is 1.74 bits per heavy atom. The lowest BCUT2D eigenvalue weighted by Crippen LogP contribution is -2.32. The lowest BCUT2D eigenvalue weighted by Gasteiger charge is -2.17. The highest BCUT2D eigenvalue weighted by molar-refractivity contribution is 9.10. The first-order valence-electron chi connectivity index (χ1n) is 12.2. The van der Waals surface area contributed by atoms with Crippen LogP contribution in [0, 0.1) is 19.8 Å². The molecule has 4 rings (SSSR count). The van der Waals surface area contributed by atoms with Gasteiger partial charge < -0.3 is 25.0 Å². The van der Waals surface area contributed by atoms with Crippen molar-refractivity contribution in [1.29, 1.82) is 0 Å². The van der Waals surface area contributed by atoms with Crippen LogP contribution in [0.1, 0.15) is 23.1 Å². The predicted octanol–water partition coefficient (Wildman–Crippen LogP) is 4.76. The van der Waals surface area contributed by atoms with Gasteiger partial charge in [-0.05, 0) is 67.4 Å². The number of carbonyl (C=O) groups excluding carboxylic acids is 3. The Balaban J connectivity index is 1.29. The number of anilines is 2. The Hall–Kier alpha value is -3.85. The van der Waals surface area contributed by atoms with Crippen LogP contribution in [0.4, 0.5) is 11.4 Å². The number of hydrogen-bond acceptors (Lipinski definition) is 5. The first-order chi connectivity index (χ1) is 18.2. The summed E-state index contributed by atoms with van der Waals surface area (Å²) in [6.07, 6.45) is 0.144. The van der Waals surface area contributed by atoms with Crippen molar-refractivity contribution in [1.82, 2.24) is 5.32 Å². The molecule has 1 heterocycles. The predicted molar refractivity (Wildman–Crippen MR) is 149 cm³/mol. The molecular formula is C29H30BrN3O5. The highest BCUT2D eigenvalue weighted by Crippen LogP contribution is 2.28. The number of nitrogens with zero attached hydrogens (tertiary/aromatic N) is 1. The van der Waals surface area contributed by atoms with Gasteiger partial charge in [-0.3, -0.25) is 14.4 Å². The Labute approximate surface area is 230 Å². The number of aryl methyl sites for hydroxylation is 2. The molecule has 0 aromatic heterocycles. The van der Waals surface area contributed by atoms with Crippen LogP contribution in [-0.4, -0.2) is 38.0 Å². The molecule has 3 amide bonds. The first-order valence-corrected chi connectivity index (χ1v) is 13.0. The molecule has 198 valence electrons. The fourth-order valence-electron chi connectivity index (χ4n) is 4.46. The smallest absolute Gasteiger partial charge is 0.262 e. The molecular weight excluding hydrogens is 550 g/mol. The average molecular weight is 580 g/mol. The lowest BCUT2D eigenvalue weighted by atomic mass is 10.1. The zero-order valence-electron chi connectivity index (χ0n) is 21.5. The van der Waals surface area contributed by atoms with E-state index in [0.717, 1.165) is 26.9 Å². The second-order valence-corrected chi connectivity index (χ2v) is 10.1. The Kier molecular flexibility index (Phi) is 8.68. The highest BCUT2D eigenvalue weighted by Gasteiger charge is 2.35. The van der Waals surface area contributed by atoms with E-state index < -0.39 is 5.92 Å². The topological polar surface area (TPSA) is 97.0 Å². The molecule has 1 aliphatic heterocycles. The van der Waals surface area contributed by atoms with E-state index in [4.69, 9.17) is 9.47 Å². The van der Waals surface area contributed by atoms with Gasteiger partial charge in [0.05, 0.1) is 13.0 Å². The first kappa shape index (κ1) is 27.2. The van der Waals surface area contributed by atoms with Crippen LogP contribution in [0.25, 0.3) is 0 Å². The van der Waals surface area contributed by atoms with Crippen molar-refractivity contribution in [2.45, 2.75) is 26.8 Å². The van der Waals surface area contributed by atoms with Crippen molar-refractivity contribution >= 4 is 45.0 Å². The SMILES string of the molecule is COc1ccccc1CNC(=O)[C@H]1CC(=O)N(c2ccc(OCC(=O)Nc3c(C)cc(Br)cc3C)cc2)C1. The van der Waals surface area contributed by atoms with Crippen LogP contribution in [0.3, 0.4) is 0 Å². The monoisotopic (exact) mass is 579 g/mol. The van der Waals surface area contributed by atoms with Crippen LogP contribution < -0.4 is 25.0 Å². The summed E-state index contributed by atoms with van der Waals surface area (Å²) in [5.41, 5.74) is 4.23. The summed E-state index contributed by atoms with van der Waals surface area (Å²) in [6, 6.07) is 18.3. The van der Waals surface area contributed by atoms with Gasteiger partial charge in [0.15, 0.2) is 6.61 Å². The van der Waals surface area contributed by atoms with Crippen LogP contribution in [0.5, 0.6) is 11.5 Å². The van der Waals surface area contributed by atoms with Crippen LogP contribution in [0.15, 0.2) is 65.1 Å². The molecule has 9 heteroatoms. The Bertz CT molecular complexity index is 1320. The standard InChI is InChI=1S/C29H30BrN3O5/c1-18-12-22(30)13-19(2)28(18)32-26(34)17-38-24-10-8-23(9-11-24)33-16-21(14-27(33)35)29(36)31-15-20-6-4-5-7-25(20)37-3/h4-13,21H,14-17H2,1-3H3,(H,31,36)(H,32,34)/t21-/m0/s1. The summed E-state index contributed by atoms with van der Waals surface area (Å²) in [7, 11) is 1.59.